The van der Waals surface area contributed by atoms with Crippen LogP contribution in [0.4, 0.5) is 34.1 Å². The first kappa shape index (κ1) is 49.1. The molecule has 410 valence electrons. The van der Waals surface area contributed by atoms with E-state index < -0.39 is 0 Å². The summed E-state index contributed by atoms with van der Waals surface area (Å²) >= 11 is 0. The molecule has 0 aliphatic heterocycles. The smallest absolute Gasteiger partial charge is 0.159 e. The van der Waals surface area contributed by atoms with Crippen LogP contribution in [0.1, 0.15) is 34.9 Å². The molecular formula is C81H54N4O2. The second-order valence-corrected chi connectivity index (χ2v) is 23.3. The molecule has 0 N–H and O–H groups in total. The Hall–Kier alpha value is -11.3. The number of allylic oxidation sites excluding steroid dienone is 1. The normalized spacial score (nSPS) is 12.3. The number of hydrogen-bond donors (Lipinski definition) is 0. The first-order chi connectivity index (χ1) is 42.9. The van der Waals surface area contributed by atoms with Gasteiger partial charge in [-0.1, -0.05) is 183 Å². The highest BCUT2D eigenvalue weighted by Gasteiger charge is 2.28. The summed E-state index contributed by atoms with van der Waals surface area (Å²) in [5.41, 5.74) is 23.5. The van der Waals surface area contributed by atoms with Gasteiger partial charge in [-0.15, -0.1) is 0 Å². The maximum atomic E-state index is 7.11. The Morgan fingerprint density at radius 2 is 0.816 bits per heavy atom. The Balaban J connectivity index is 0.795. The number of fused-ring (bicyclic) bond motifs is 16. The van der Waals surface area contributed by atoms with Gasteiger partial charge in [-0.2, -0.15) is 0 Å². The van der Waals surface area contributed by atoms with Gasteiger partial charge >= 0.3 is 0 Å². The van der Waals surface area contributed by atoms with E-state index in [1.807, 2.05) is 0 Å². The maximum Gasteiger partial charge on any atom is 0.159 e. The second-order valence-electron chi connectivity index (χ2n) is 23.3. The Morgan fingerprint density at radius 1 is 0.368 bits per heavy atom. The van der Waals surface area contributed by atoms with Crippen molar-refractivity contribution >= 4 is 155 Å². The van der Waals surface area contributed by atoms with Crippen LogP contribution in [0.3, 0.4) is 0 Å². The lowest BCUT2D eigenvalue weighted by Gasteiger charge is -2.25. The monoisotopic (exact) mass is 1110 g/mol. The highest BCUT2D eigenvalue weighted by molar-refractivity contribution is 6.29. The van der Waals surface area contributed by atoms with Crippen molar-refractivity contribution in [3.63, 3.8) is 0 Å². The Bertz CT molecular complexity index is 5890. The molecule has 0 saturated carbocycles. The highest BCUT2D eigenvalue weighted by Crippen LogP contribution is 2.50. The molecule has 0 amide bonds. The van der Waals surface area contributed by atoms with E-state index in [0.717, 1.165) is 106 Å². The molecule has 0 bridgehead atoms. The third kappa shape index (κ3) is 6.98. The fourth-order valence-corrected chi connectivity index (χ4v) is 14.7. The van der Waals surface area contributed by atoms with Crippen LogP contribution in [0.2, 0.25) is 0 Å². The number of para-hydroxylation sites is 7. The molecule has 0 aliphatic carbocycles. The van der Waals surface area contributed by atoms with Gasteiger partial charge in [-0.25, -0.2) is 0 Å². The lowest BCUT2D eigenvalue weighted by Crippen LogP contribution is -2.10. The molecule has 87 heavy (non-hydrogen) atoms. The molecule has 0 atom stereocenters. The summed E-state index contributed by atoms with van der Waals surface area (Å²) < 4.78 is 19.2. The Kier molecular flexibility index (Phi) is 10.5. The maximum absolute atomic E-state index is 7.11. The van der Waals surface area contributed by atoms with E-state index in [9.17, 15) is 0 Å². The molecule has 6 aromatic heterocycles. The predicted molar refractivity (Wildman–Crippen MR) is 366 cm³/mol. The minimum Gasteiger partial charge on any atom is -0.453 e. The summed E-state index contributed by atoms with van der Waals surface area (Å²) in [4.78, 5) is 4.70. The third-order valence-corrected chi connectivity index (χ3v) is 18.5. The average Bonchev–Trinajstić information content (AvgIpc) is 1.60. The Morgan fingerprint density at radius 3 is 1.37 bits per heavy atom. The molecule has 0 spiro atoms. The summed E-state index contributed by atoms with van der Waals surface area (Å²) in [5, 5.41) is 13.0. The lowest BCUT2D eigenvalue weighted by molar-refractivity contribution is 0.600. The molecule has 0 aliphatic rings. The fourth-order valence-electron chi connectivity index (χ4n) is 14.7. The van der Waals surface area contributed by atoms with Gasteiger partial charge in [0.2, 0.25) is 0 Å². The molecule has 18 rings (SSSR count). The first-order valence-electron chi connectivity index (χ1n) is 29.9. The van der Waals surface area contributed by atoms with E-state index in [0.29, 0.717) is 0 Å². The van der Waals surface area contributed by atoms with Gasteiger partial charge in [0.1, 0.15) is 11.3 Å². The van der Waals surface area contributed by atoms with Crippen LogP contribution in [-0.2, 0) is 0 Å². The van der Waals surface area contributed by atoms with Crippen molar-refractivity contribution in [1.82, 2.24) is 8.80 Å². The van der Waals surface area contributed by atoms with Crippen LogP contribution < -0.4 is 9.80 Å². The minimum absolute atomic E-state index is 0.773. The molecule has 12 aromatic carbocycles. The van der Waals surface area contributed by atoms with Gasteiger partial charge in [0.05, 0.1) is 44.5 Å². The van der Waals surface area contributed by atoms with Crippen molar-refractivity contribution in [2.45, 2.75) is 20.8 Å². The lowest BCUT2D eigenvalue weighted by atomic mass is 9.97. The summed E-state index contributed by atoms with van der Waals surface area (Å²) in [7, 11) is 0. The summed E-state index contributed by atoms with van der Waals surface area (Å²) in [6.07, 6.45) is 4.23. The van der Waals surface area contributed by atoms with Crippen LogP contribution in [0.5, 0.6) is 0 Å². The van der Waals surface area contributed by atoms with E-state index in [2.05, 4.69) is 307 Å². The van der Waals surface area contributed by atoms with E-state index in [-0.39, 0.29) is 0 Å². The molecule has 6 nitrogen and oxygen atoms in total. The van der Waals surface area contributed by atoms with Crippen molar-refractivity contribution in [3.8, 4) is 11.1 Å². The van der Waals surface area contributed by atoms with E-state index in [1.165, 1.54) is 81.8 Å². The third-order valence-electron chi connectivity index (χ3n) is 18.5. The van der Waals surface area contributed by atoms with Gasteiger partial charge in [0.15, 0.2) is 11.2 Å². The summed E-state index contributed by atoms with van der Waals surface area (Å²) in [6, 6.07) is 90.3. The molecule has 0 radical (unpaired) electrons. The molecule has 6 heterocycles. The zero-order valence-corrected chi connectivity index (χ0v) is 48.1. The fraction of sp³-hybridized carbons (Fsp3) is 0.0370. The molecule has 6 heteroatoms. The topological polar surface area (TPSA) is 41.6 Å². The number of anilines is 6. The van der Waals surface area contributed by atoms with Crippen molar-refractivity contribution in [2.75, 3.05) is 9.80 Å². The number of aromatic nitrogens is 2. The van der Waals surface area contributed by atoms with E-state index in [1.54, 1.807) is 0 Å². The molecular weight excluding hydrogens is 1060 g/mol. The SMILES string of the molecule is C=C(c1ccccc1C)c1oc2c(N(c3ccccc3)c3ccc4c(c3)c3cccc5c6cc7c(cc6n4c35)c3cccc4c5cc(N(c6ccccc6)c6cccc8c6oc6c(-c9ccccc9C)cccc68)ccc5n7c43)cccc2c1/C=C\C. The zero-order valence-electron chi connectivity index (χ0n) is 48.1. The highest BCUT2D eigenvalue weighted by atomic mass is 16.3. The van der Waals surface area contributed by atoms with Crippen LogP contribution in [0.25, 0.3) is 132 Å². The van der Waals surface area contributed by atoms with Gasteiger partial charge < -0.3 is 27.4 Å². The number of rotatable bonds is 10. The minimum atomic E-state index is 0.773. The number of aryl methyl sites for hydroxylation is 2. The van der Waals surface area contributed by atoms with Crippen molar-refractivity contribution in [1.29, 1.82) is 0 Å². The van der Waals surface area contributed by atoms with Crippen LogP contribution in [0, 0.1) is 13.8 Å². The van der Waals surface area contributed by atoms with Gasteiger partial charge in [-0.05, 0) is 128 Å². The van der Waals surface area contributed by atoms with Crippen molar-refractivity contribution in [2.24, 2.45) is 0 Å². The summed E-state index contributed by atoms with van der Waals surface area (Å²) in [5.74, 6) is 0.773. The molecule has 0 fully saturated rings. The van der Waals surface area contributed by atoms with Gasteiger partial charge in [-0.3, -0.25) is 0 Å². The standard InChI is InChI=1S/C81H54N4O2/c1-5-21-61-64-36-19-38-72(80(64)86-78(61)50(4)55-28-14-12-22-48(55)2)82(51-24-8-6-9-25-51)53-40-42-70-66(44-53)57-30-16-32-59-68-47-75-69(46-74(68)84(70)76(57)59)60-33-17-31-58-67-45-54(41-43-71(67)85(75)77(58)60)83(52-26-10-7-11-27-52)73-39-20-37-65-63-35-18-34-62(79(63)87-81(65)73)56-29-15-13-23-49(56)3/h5-47H,4H2,1-3H3/b21-5-. The van der Waals surface area contributed by atoms with Crippen LogP contribution in [0.15, 0.2) is 270 Å². The van der Waals surface area contributed by atoms with E-state index >= 15 is 0 Å². The molecule has 0 unspecified atom stereocenters. The largest absolute Gasteiger partial charge is 0.453 e. The van der Waals surface area contributed by atoms with Crippen molar-refractivity contribution < 1.29 is 8.83 Å². The molecule has 18 aromatic rings. The van der Waals surface area contributed by atoms with Crippen LogP contribution >= 0.6 is 0 Å². The van der Waals surface area contributed by atoms with E-state index in [4.69, 9.17) is 8.83 Å². The molecule has 0 saturated heterocycles. The average molecular weight is 1120 g/mol. The number of benzene rings is 12. The van der Waals surface area contributed by atoms with Gasteiger partial charge in [0, 0.05) is 98.7 Å². The first-order valence-corrected chi connectivity index (χ1v) is 29.9. The quantitative estimate of drug-likeness (QED) is 0.137. The number of nitrogens with zero attached hydrogens (tertiary/aromatic N) is 4. The Labute approximate surface area is 500 Å². The van der Waals surface area contributed by atoms with Gasteiger partial charge in [0.25, 0.3) is 0 Å². The van der Waals surface area contributed by atoms with Crippen molar-refractivity contribution in [3.05, 3.63) is 289 Å². The van der Waals surface area contributed by atoms with Crippen LogP contribution in [-0.4, -0.2) is 8.80 Å². The second kappa shape index (κ2) is 18.6. The number of hydrogen-bond acceptors (Lipinski definition) is 4. The summed E-state index contributed by atoms with van der Waals surface area (Å²) in [6.45, 7) is 11.0. The number of furan rings is 2. The zero-order chi connectivity index (χ0) is 57.8. The predicted octanol–water partition coefficient (Wildman–Crippen LogP) is 23.0.